The van der Waals surface area contributed by atoms with Gasteiger partial charge in [0.05, 0.1) is 5.92 Å². The van der Waals surface area contributed by atoms with E-state index in [1.165, 1.54) is 11.1 Å². The molecule has 1 aromatic carbocycles. The zero-order valence-electron chi connectivity index (χ0n) is 11.6. The lowest BCUT2D eigenvalue weighted by Crippen LogP contribution is -2.52. The van der Waals surface area contributed by atoms with Crippen molar-refractivity contribution in [3.63, 3.8) is 0 Å². The average molecular weight is 258 g/mol. The molecule has 0 radical (unpaired) electrons. The summed E-state index contributed by atoms with van der Waals surface area (Å²) in [5.74, 6) is 0.427. The van der Waals surface area contributed by atoms with Gasteiger partial charge in [0.25, 0.3) is 0 Å². The summed E-state index contributed by atoms with van der Waals surface area (Å²) in [6.07, 6.45) is 3.27. The Labute approximate surface area is 115 Å². The van der Waals surface area contributed by atoms with Crippen LogP contribution in [-0.2, 0) is 11.2 Å². The number of fused-ring (bicyclic) bond motifs is 1. The normalized spacial score (nSPS) is 26.9. The average Bonchev–Trinajstić information content (AvgIpc) is 2.46. The third kappa shape index (κ3) is 2.52. The van der Waals surface area contributed by atoms with Crippen LogP contribution in [0.5, 0.6) is 0 Å². The second kappa shape index (κ2) is 5.33. The van der Waals surface area contributed by atoms with Crippen molar-refractivity contribution in [2.45, 2.75) is 38.1 Å². The third-order valence-electron chi connectivity index (χ3n) is 4.35. The van der Waals surface area contributed by atoms with Crippen molar-refractivity contribution >= 4 is 5.91 Å². The molecule has 2 atom stereocenters. The SMILES string of the molecule is C[C@@H]1CN(C(=O)C2CCCc3ccccc32)CCN1. The van der Waals surface area contributed by atoms with Gasteiger partial charge in [0.2, 0.25) is 5.91 Å². The van der Waals surface area contributed by atoms with Gasteiger partial charge in [-0.3, -0.25) is 4.79 Å². The van der Waals surface area contributed by atoms with E-state index in [0.29, 0.717) is 11.9 Å². The van der Waals surface area contributed by atoms with Crippen LogP contribution in [0.4, 0.5) is 0 Å². The molecule has 0 spiro atoms. The summed E-state index contributed by atoms with van der Waals surface area (Å²) in [5, 5.41) is 3.39. The highest BCUT2D eigenvalue weighted by molar-refractivity contribution is 5.84. The molecule has 1 amide bonds. The first kappa shape index (κ1) is 12.7. The summed E-state index contributed by atoms with van der Waals surface area (Å²) in [4.78, 5) is 14.8. The van der Waals surface area contributed by atoms with Gasteiger partial charge in [-0.2, -0.15) is 0 Å². The highest BCUT2D eigenvalue weighted by Gasteiger charge is 2.31. The summed E-state index contributed by atoms with van der Waals surface area (Å²) in [6, 6.07) is 8.87. The number of nitrogens with zero attached hydrogens (tertiary/aromatic N) is 1. The van der Waals surface area contributed by atoms with E-state index in [0.717, 1.165) is 38.9 Å². The molecule has 19 heavy (non-hydrogen) atoms. The Morgan fingerprint density at radius 3 is 3.05 bits per heavy atom. The number of hydrogen-bond acceptors (Lipinski definition) is 2. The fraction of sp³-hybridized carbons (Fsp3) is 0.562. The van der Waals surface area contributed by atoms with E-state index < -0.39 is 0 Å². The Bertz CT molecular complexity index is 472. The molecule has 0 aromatic heterocycles. The van der Waals surface area contributed by atoms with E-state index in [9.17, 15) is 4.79 Å². The number of benzene rings is 1. The smallest absolute Gasteiger partial charge is 0.230 e. The Kier molecular flexibility index (Phi) is 3.56. The second-order valence-corrected chi connectivity index (χ2v) is 5.78. The molecule has 1 saturated heterocycles. The first-order valence-corrected chi connectivity index (χ1v) is 7.35. The van der Waals surface area contributed by atoms with Gasteiger partial charge >= 0.3 is 0 Å². The molecule has 0 bridgehead atoms. The number of hydrogen-bond donors (Lipinski definition) is 1. The quantitative estimate of drug-likeness (QED) is 0.835. The molecule has 3 heteroatoms. The Hall–Kier alpha value is -1.35. The molecule has 3 rings (SSSR count). The largest absolute Gasteiger partial charge is 0.339 e. The maximum absolute atomic E-state index is 12.8. The molecule has 3 nitrogen and oxygen atoms in total. The zero-order valence-corrected chi connectivity index (χ0v) is 11.6. The van der Waals surface area contributed by atoms with Gasteiger partial charge in [0.1, 0.15) is 0 Å². The highest BCUT2D eigenvalue weighted by Crippen LogP contribution is 2.33. The van der Waals surface area contributed by atoms with Gasteiger partial charge in [0, 0.05) is 25.7 Å². The van der Waals surface area contributed by atoms with E-state index in [1.807, 2.05) is 4.90 Å². The van der Waals surface area contributed by atoms with Crippen LogP contribution in [0.1, 0.15) is 36.8 Å². The fourth-order valence-corrected chi connectivity index (χ4v) is 3.36. The molecule has 1 aromatic rings. The summed E-state index contributed by atoms with van der Waals surface area (Å²) in [7, 11) is 0. The topological polar surface area (TPSA) is 32.3 Å². The van der Waals surface area contributed by atoms with Crippen molar-refractivity contribution in [3.8, 4) is 0 Å². The minimum absolute atomic E-state index is 0.0928. The van der Waals surface area contributed by atoms with Crippen molar-refractivity contribution in [1.29, 1.82) is 0 Å². The lowest BCUT2D eigenvalue weighted by Gasteiger charge is -2.36. The first-order valence-electron chi connectivity index (χ1n) is 7.35. The van der Waals surface area contributed by atoms with Crippen molar-refractivity contribution in [2.24, 2.45) is 0 Å². The second-order valence-electron chi connectivity index (χ2n) is 5.78. The number of piperazine rings is 1. The molecule has 1 aliphatic heterocycles. The van der Waals surface area contributed by atoms with Crippen LogP contribution in [-0.4, -0.2) is 36.5 Å². The fourth-order valence-electron chi connectivity index (χ4n) is 3.36. The molecule has 1 unspecified atom stereocenters. The maximum atomic E-state index is 12.8. The molecular formula is C16H22N2O. The minimum Gasteiger partial charge on any atom is -0.339 e. The number of nitrogens with one attached hydrogen (secondary N) is 1. The van der Waals surface area contributed by atoms with Crippen LogP contribution < -0.4 is 5.32 Å². The van der Waals surface area contributed by atoms with Gasteiger partial charge in [0.15, 0.2) is 0 Å². The van der Waals surface area contributed by atoms with Crippen LogP contribution in [0.3, 0.4) is 0 Å². The lowest BCUT2D eigenvalue weighted by molar-refractivity contribution is -0.134. The zero-order chi connectivity index (χ0) is 13.2. The van der Waals surface area contributed by atoms with Crippen molar-refractivity contribution in [2.75, 3.05) is 19.6 Å². The van der Waals surface area contributed by atoms with Crippen molar-refractivity contribution < 1.29 is 4.79 Å². The van der Waals surface area contributed by atoms with E-state index in [-0.39, 0.29) is 5.92 Å². The number of carbonyl (C=O) groups is 1. The van der Waals surface area contributed by atoms with Crippen LogP contribution in [0.2, 0.25) is 0 Å². The lowest BCUT2D eigenvalue weighted by atomic mass is 9.82. The van der Waals surface area contributed by atoms with E-state index >= 15 is 0 Å². The third-order valence-corrected chi connectivity index (χ3v) is 4.35. The van der Waals surface area contributed by atoms with E-state index in [4.69, 9.17) is 0 Å². The predicted octanol–water partition coefficient (Wildman–Crippen LogP) is 1.93. The van der Waals surface area contributed by atoms with Crippen LogP contribution in [0, 0.1) is 0 Å². The van der Waals surface area contributed by atoms with Gasteiger partial charge < -0.3 is 10.2 Å². The molecule has 1 N–H and O–H groups in total. The number of carbonyl (C=O) groups excluding carboxylic acids is 1. The standard InChI is InChI=1S/C16H22N2O/c1-12-11-18(10-9-17-12)16(19)15-8-4-6-13-5-2-3-7-14(13)15/h2-3,5,7,12,15,17H,4,6,8-11H2,1H3/t12-,15?/m1/s1. The van der Waals surface area contributed by atoms with Gasteiger partial charge in [-0.05, 0) is 37.3 Å². The molecular weight excluding hydrogens is 236 g/mol. The summed E-state index contributed by atoms with van der Waals surface area (Å²) in [6.45, 7) is 4.76. The van der Waals surface area contributed by atoms with Crippen molar-refractivity contribution in [3.05, 3.63) is 35.4 Å². The molecule has 1 fully saturated rings. The minimum atomic E-state index is 0.0928. The molecule has 0 saturated carbocycles. The Balaban J connectivity index is 1.81. The van der Waals surface area contributed by atoms with Crippen LogP contribution in [0.15, 0.2) is 24.3 Å². The highest BCUT2D eigenvalue weighted by atomic mass is 16.2. The maximum Gasteiger partial charge on any atom is 0.230 e. The van der Waals surface area contributed by atoms with Crippen molar-refractivity contribution in [1.82, 2.24) is 10.2 Å². The molecule has 1 aliphatic carbocycles. The predicted molar refractivity (Wildman–Crippen MR) is 76.2 cm³/mol. The van der Waals surface area contributed by atoms with E-state index in [1.54, 1.807) is 0 Å². The number of aryl methyl sites for hydroxylation is 1. The molecule has 102 valence electrons. The monoisotopic (exact) mass is 258 g/mol. The van der Waals surface area contributed by atoms with E-state index in [2.05, 4.69) is 36.5 Å². The van der Waals surface area contributed by atoms with Crippen LogP contribution >= 0.6 is 0 Å². The Morgan fingerprint density at radius 2 is 2.21 bits per heavy atom. The van der Waals surface area contributed by atoms with Crippen LogP contribution in [0.25, 0.3) is 0 Å². The first-order chi connectivity index (χ1) is 9.25. The molecule has 1 heterocycles. The van der Waals surface area contributed by atoms with Gasteiger partial charge in [-0.1, -0.05) is 24.3 Å². The molecule has 2 aliphatic rings. The van der Waals surface area contributed by atoms with Gasteiger partial charge in [-0.15, -0.1) is 0 Å². The number of rotatable bonds is 1. The summed E-state index contributed by atoms with van der Waals surface area (Å²) < 4.78 is 0. The summed E-state index contributed by atoms with van der Waals surface area (Å²) in [5.41, 5.74) is 2.64. The number of amides is 1. The summed E-state index contributed by atoms with van der Waals surface area (Å²) >= 11 is 0. The van der Waals surface area contributed by atoms with Gasteiger partial charge in [-0.25, -0.2) is 0 Å². The Morgan fingerprint density at radius 1 is 1.37 bits per heavy atom.